The van der Waals surface area contributed by atoms with Gasteiger partial charge in [0.15, 0.2) is 0 Å². The summed E-state index contributed by atoms with van der Waals surface area (Å²) in [5.74, 6) is -3.01. The molecule has 8 rings (SSSR count). The Morgan fingerprint density at radius 1 is 0.980 bits per heavy atom. The van der Waals surface area contributed by atoms with Crippen LogP contribution in [0.15, 0.2) is 24.3 Å². The molecule has 2 amide bonds. The second-order valence-corrected chi connectivity index (χ2v) is 16.4. The van der Waals surface area contributed by atoms with E-state index in [1.165, 1.54) is 0 Å². The molecule has 274 valence electrons. The zero-order valence-corrected chi connectivity index (χ0v) is 30.2. The van der Waals surface area contributed by atoms with Crippen molar-refractivity contribution in [3.05, 3.63) is 29.8 Å². The number of hydrogen-bond acceptors (Lipinski definition) is 11. The number of ether oxygens (including phenoxy) is 5. The molecule has 7 bridgehead atoms. The molecule has 15 atom stereocenters. The summed E-state index contributed by atoms with van der Waals surface area (Å²) in [5, 5.41) is 26.6. The van der Waals surface area contributed by atoms with Gasteiger partial charge in [0.2, 0.25) is 11.8 Å². The maximum absolute atomic E-state index is 14.1. The number of para-hydroxylation sites is 1. The topological polar surface area (TPSA) is 144 Å². The number of esters is 1. The average molecular weight is 697 g/mol. The Bertz CT molecular complexity index is 1570. The molecule has 7 fully saturated rings. The van der Waals surface area contributed by atoms with Crippen molar-refractivity contribution in [3.63, 3.8) is 0 Å². The van der Waals surface area contributed by atoms with E-state index in [1.54, 1.807) is 66.6 Å². The predicted octanol–water partition coefficient (Wildman–Crippen LogP) is 2.28. The van der Waals surface area contributed by atoms with Gasteiger partial charge in [-0.15, -0.1) is 0 Å². The molecule has 12 heteroatoms. The molecule has 1 spiro atoms. The van der Waals surface area contributed by atoms with E-state index < -0.39 is 52.0 Å². The van der Waals surface area contributed by atoms with E-state index in [0.29, 0.717) is 25.9 Å². The highest BCUT2D eigenvalue weighted by Gasteiger charge is 2.91. The summed E-state index contributed by atoms with van der Waals surface area (Å²) in [6.45, 7) is 6.69. The van der Waals surface area contributed by atoms with E-state index in [1.807, 2.05) is 0 Å². The number of amides is 2. The third-order valence-electron chi connectivity index (χ3n) is 15.1. The number of fused-ring (bicyclic) bond motifs is 2. The van der Waals surface area contributed by atoms with Gasteiger partial charge in [0.1, 0.15) is 11.2 Å². The first-order valence-electron chi connectivity index (χ1n) is 18.3. The number of likely N-dealkylation sites (N-methyl/N-ethyl adjacent to an activating group) is 1. The minimum atomic E-state index is -1.70. The lowest BCUT2D eigenvalue weighted by molar-refractivity contribution is -0.320. The number of nitrogens with zero attached hydrogens (tertiary/aromatic N) is 2. The molecule has 12 nitrogen and oxygen atoms in total. The Labute approximate surface area is 293 Å². The summed E-state index contributed by atoms with van der Waals surface area (Å²) in [7, 11) is 6.70. The largest absolute Gasteiger partial charge is 0.461 e. The van der Waals surface area contributed by atoms with Gasteiger partial charge in [-0.1, -0.05) is 32.9 Å². The van der Waals surface area contributed by atoms with Crippen LogP contribution in [0.3, 0.4) is 0 Å². The van der Waals surface area contributed by atoms with Crippen molar-refractivity contribution in [2.45, 2.75) is 88.1 Å². The lowest BCUT2D eigenvalue weighted by Crippen LogP contribution is -2.82. The number of anilines is 1. The SMILES string of the molecule is CCN1C[C@]2(COC(=O)c3ccccc3N3C(=O)C(C)[C@H](C)C3=O)CC[C@H](OC)C34C2[C@H](OC)[C@](O)(C13)[C@@]1(O)C[C@H](OC)[C@H]2C[C@@H]4[C@@H]1[C@H]2OC. The fourth-order valence-corrected chi connectivity index (χ4v) is 13.3. The minimum absolute atomic E-state index is 0.0323. The Morgan fingerprint density at radius 2 is 1.68 bits per heavy atom. The minimum Gasteiger partial charge on any atom is -0.461 e. The van der Waals surface area contributed by atoms with Gasteiger partial charge in [0, 0.05) is 81.8 Å². The van der Waals surface area contributed by atoms with Gasteiger partial charge in [-0.25, -0.2) is 9.69 Å². The molecule has 4 unspecified atom stereocenters. The van der Waals surface area contributed by atoms with E-state index in [0.717, 1.165) is 11.3 Å². The quantitative estimate of drug-likeness (QED) is 0.290. The fourth-order valence-electron chi connectivity index (χ4n) is 13.3. The number of piperidine rings is 1. The summed E-state index contributed by atoms with van der Waals surface area (Å²) >= 11 is 0. The van der Waals surface area contributed by atoms with Crippen molar-refractivity contribution in [2.75, 3.05) is 53.0 Å². The molecule has 0 radical (unpaired) electrons. The number of benzene rings is 1. The number of aliphatic hydroxyl groups is 2. The lowest BCUT2D eigenvalue weighted by atomic mass is 9.42. The molecular formula is C38H52N2O10. The van der Waals surface area contributed by atoms with Crippen LogP contribution >= 0.6 is 0 Å². The lowest BCUT2D eigenvalue weighted by Gasteiger charge is -2.70. The molecule has 0 aromatic heterocycles. The van der Waals surface area contributed by atoms with E-state index in [-0.39, 0.29) is 78.1 Å². The first-order valence-corrected chi connectivity index (χ1v) is 18.3. The number of methoxy groups -OCH3 is 4. The van der Waals surface area contributed by atoms with E-state index in [4.69, 9.17) is 23.7 Å². The normalized spacial score (nSPS) is 48.7. The van der Waals surface area contributed by atoms with E-state index in [2.05, 4.69) is 11.8 Å². The Balaban J connectivity index is 1.23. The van der Waals surface area contributed by atoms with Crippen molar-refractivity contribution in [1.82, 2.24) is 4.90 Å². The standard InChI is InChI=1S/C38H52N2O10/c1-8-39-17-35(18-50-33(43)21-11-9-10-12-24(21)40-31(41)19(2)20(3)32(40)42)14-13-26(47-5)37-23-15-22-25(46-4)16-36(44,27(23)28(22)48-6)38(45,34(37)39)30(49-7)29(35)37/h9-12,19-20,22-23,25-30,34,44-45H,8,13-18H2,1-7H3/t19-,20?,22+,23+,25-,26-,27+,28-,29?,30-,34?,35-,36+,37?,38-/m0/s1. The van der Waals surface area contributed by atoms with Crippen LogP contribution in [0.4, 0.5) is 5.69 Å². The predicted molar refractivity (Wildman–Crippen MR) is 179 cm³/mol. The molecule has 1 aromatic carbocycles. The second kappa shape index (κ2) is 11.5. The van der Waals surface area contributed by atoms with Crippen LogP contribution in [0, 0.1) is 46.3 Å². The summed E-state index contributed by atoms with van der Waals surface area (Å²) in [6, 6.07) is 6.14. The summed E-state index contributed by atoms with van der Waals surface area (Å²) in [4.78, 5) is 43.9. The smallest absolute Gasteiger partial charge is 0.340 e. The molecule has 2 saturated heterocycles. The van der Waals surface area contributed by atoms with Crippen molar-refractivity contribution in [3.8, 4) is 0 Å². The monoisotopic (exact) mass is 696 g/mol. The average Bonchev–Trinajstić information content (AvgIpc) is 3.62. The Kier molecular flexibility index (Phi) is 7.98. The van der Waals surface area contributed by atoms with Crippen LogP contribution < -0.4 is 4.90 Å². The maximum Gasteiger partial charge on any atom is 0.340 e. The van der Waals surface area contributed by atoms with Crippen LogP contribution in [0.2, 0.25) is 0 Å². The van der Waals surface area contributed by atoms with Crippen LogP contribution in [0.25, 0.3) is 0 Å². The van der Waals surface area contributed by atoms with E-state index in [9.17, 15) is 24.6 Å². The van der Waals surface area contributed by atoms with Crippen molar-refractivity contribution in [2.24, 2.45) is 46.3 Å². The molecule has 2 heterocycles. The van der Waals surface area contributed by atoms with Gasteiger partial charge >= 0.3 is 5.97 Å². The zero-order valence-electron chi connectivity index (χ0n) is 30.2. The first-order chi connectivity index (χ1) is 23.9. The highest BCUT2D eigenvalue weighted by Crippen LogP contribution is 2.80. The van der Waals surface area contributed by atoms with Gasteiger partial charge in [-0.05, 0) is 43.9 Å². The molecule has 2 aliphatic heterocycles. The van der Waals surface area contributed by atoms with Crippen LogP contribution in [0.5, 0.6) is 0 Å². The zero-order chi connectivity index (χ0) is 35.7. The van der Waals surface area contributed by atoms with Crippen molar-refractivity contribution < 1.29 is 48.3 Å². The number of rotatable bonds is 9. The molecule has 1 aromatic rings. The van der Waals surface area contributed by atoms with Crippen molar-refractivity contribution in [1.29, 1.82) is 0 Å². The first kappa shape index (κ1) is 34.6. The second-order valence-electron chi connectivity index (χ2n) is 16.4. The third-order valence-corrected chi connectivity index (χ3v) is 15.1. The number of carbonyl (C=O) groups is 3. The number of hydrogen-bond donors (Lipinski definition) is 2. The number of carbonyl (C=O) groups excluding carboxylic acids is 3. The molecule has 2 N–H and O–H groups in total. The maximum atomic E-state index is 14.1. The van der Waals surface area contributed by atoms with Crippen LogP contribution in [-0.2, 0) is 33.3 Å². The fraction of sp³-hybridized carbons (Fsp3) is 0.763. The summed E-state index contributed by atoms with van der Waals surface area (Å²) in [5.41, 5.74) is -4.19. The molecule has 7 aliphatic rings. The van der Waals surface area contributed by atoms with E-state index >= 15 is 0 Å². The number of likely N-dealkylation sites (tertiary alicyclic amines) is 1. The highest BCUT2D eigenvalue weighted by molar-refractivity contribution is 6.23. The molecular weight excluding hydrogens is 644 g/mol. The van der Waals surface area contributed by atoms with Crippen LogP contribution in [0.1, 0.15) is 56.8 Å². The molecule has 5 saturated carbocycles. The van der Waals surface area contributed by atoms with Gasteiger partial charge in [0.25, 0.3) is 0 Å². The Morgan fingerprint density at radius 3 is 2.30 bits per heavy atom. The Hall–Kier alpha value is -2.45. The third kappa shape index (κ3) is 3.83. The summed E-state index contributed by atoms with van der Waals surface area (Å²) < 4.78 is 31.4. The van der Waals surface area contributed by atoms with Gasteiger partial charge < -0.3 is 33.9 Å². The van der Waals surface area contributed by atoms with Crippen LogP contribution in [-0.4, -0.2) is 123 Å². The number of imide groups is 1. The highest BCUT2D eigenvalue weighted by atomic mass is 16.5. The summed E-state index contributed by atoms with van der Waals surface area (Å²) in [6.07, 6.45) is 0.703. The van der Waals surface area contributed by atoms with Gasteiger partial charge in [0.05, 0.1) is 48.3 Å². The van der Waals surface area contributed by atoms with Crippen molar-refractivity contribution >= 4 is 23.5 Å². The molecule has 50 heavy (non-hydrogen) atoms. The molecule has 5 aliphatic carbocycles. The van der Waals surface area contributed by atoms with Gasteiger partial charge in [-0.3, -0.25) is 14.5 Å². The van der Waals surface area contributed by atoms with Gasteiger partial charge in [-0.2, -0.15) is 0 Å².